The third-order valence-corrected chi connectivity index (χ3v) is 5.74. The van der Waals surface area contributed by atoms with E-state index in [0.717, 1.165) is 27.7 Å². The fraction of sp³-hybridized carbons (Fsp3) is 0.267. The minimum Gasteiger partial charge on any atom is -0.490 e. The molecule has 2 aromatic carbocycles. The Balaban J connectivity index is 0.000000646. The molecule has 0 aliphatic rings. The van der Waals surface area contributed by atoms with Crippen LogP contribution in [0.2, 0.25) is 0 Å². The number of benzene rings is 2. The van der Waals surface area contributed by atoms with Crippen LogP contribution in [0.25, 0.3) is 10.8 Å². The van der Waals surface area contributed by atoms with Crippen molar-refractivity contribution >= 4 is 34.2 Å². The van der Waals surface area contributed by atoms with Crippen molar-refractivity contribution in [3.63, 3.8) is 0 Å². The van der Waals surface area contributed by atoms with Gasteiger partial charge in [-0.05, 0) is 80.3 Å². The van der Waals surface area contributed by atoms with Gasteiger partial charge in [0.05, 0.1) is 24.9 Å². The van der Waals surface area contributed by atoms with Crippen LogP contribution in [-0.2, 0) is 16.1 Å². The highest BCUT2D eigenvalue weighted by molar-refractivity contribution is 5.94. The van der Waals surface area contributed by atoms with Crippen molar-refractivity contribution < 1.29 is 37.3 Å². The Hall–Kier alpha value is -5.07. The number of ether oxygens (including phenoxy) is 2. The molecule has 2 aromatic heterocycles. The number of halogens is 3. The van der Waals surface area contributed by atoms with Gasteiger partial charge in [0.25, 0.3) is 0 Å². The summed E-state index contributed by atoms with van der Waals surface area (Å²) >= 11 is 0. The summed E-state index contributed by atoms with van der Waals surface area (Å²) in [5.41, 5.74) is 8.29. The van der Waals surface area contributed by atoms with Gasteiger partial charge < -0.3 is 30.9 Å². The van der Waals surface area contributed by atoms with Gasteiger partial charge in [0, 0.05) is 23.5 Å². The van der Waals surface area contributed by atoms with E-state index in [0.29, 0.717) is 30.5 Å². The van der Waals surface area contributed by atoms with Gasteiger partial charge in [-0.1, -0.05) is 12.1 Å². The minimum absolute atomic E-state index is 0.00910. The lowest BCUT2D eigenvalue weighted by atomic mass is 10.0. The molecule has 43 heavy (non-hydrogen) atoms. The number of nitrogens with one attached hydrogen (secondary N) is 2. The fourth-order valence-electron chi connectivity index (χ4n) is 3.86. The zero-order valence-electron chi connectivity index (χ0n) is 23.7. The van der Waals surface area contributed by atoms with Gasteiger partial charge in [-0.2, -0.15) is 13.2 Å². The first-order valence-electron chi connectivity index (χ1n) is 13.2. The minimum atomic E-state index is -5.08. The van der Waals surface area contributed by atoms with Crippen LogP contribution in [0.3, 0.4) is 0 Å². The molecular weight excluding hydrogens is 567 g/mol. The largest absolute Gasteiger partial charge is 0.490 e. The Morgan fingerprint density at radius 2 is 1.74 bits per heavy atom. The lowest BCUT2D eigenvalue weighted by Crippen LogP contribution is -2.33. The smallest absolute Gasteiger partial charge is 0.490 e. The number of nitrogen functional groups attached to an aromatic ring is 1. The molecule has 0 fully saturated rings. The highest BCUT2D eigenvalue weighted by Crippen LogP contribution is 2.33. The number of carboxylic acids is 1. The van der Waals surface area contributed by atoms with E-state index in [2.05, 4.69) is 20.6 Å². The monoisotopic (exact) mass is 599 g/mol. The van der Waals surface area contributed by atoms with E-state index >= 15 is 0 Å². The number of rotatable bonds is 10. The van der Waals surface area contributed by atoms with Gasteiger partial charge in [-0.15, -0.1) is 0 Å². The van der Waals surface area contributed by atoms with E-state index in [9.17, 15) is 18.0 Å². The van der Waals surface area contributed by atoms with Crippen molar-refractivity contribution in [2.75, 3.05) is 17.7 Å². The molecule has 0 spiro atoms. The lowest BCUT2D eigenvalue weighted by Gasteiger charge is -2.22. The molecule has 2 heterocycles. The van der Waals surface area contributed by atoms with Crippen molar-refractivity contribution in [2.24, 2.45) is 0 Å². The number of nitrogens with zero attached hydrogens (tertiary/aromatic N) is 2. The quantitative estimate of drug-likeness (QED) is 0.185. The summed E-state index contributed by atoms with van der Waals surface area (Å²) in [5, 5.41) is 15.3. The number of aliphatic carboxylic acids is 1. The number of fused-ring (bicyclic) bond motifs is 1. The number of aromatic nitrogens is 2. The number of hydrogen-bond acceptors (Lipinski definition) is 8. The van der Waals surface area contributed by atoms with Crippen LogP contribution in [0.1, 0.15) is 38.1 Å². The zero-order valence-corrected chi connectivity index (χ0v) is 23.7. The summed E-state index contributed by atoms with van der Waals surface area (Å²) in [6, 6.07) is 18.1. The lowest BCUT2D eigenvalue weighted by molar-refractivity contribution is -0.192. The number of nitrogens with two attached hydrogens (primary N) is 1. The summed E-state index contributed by atoms with van der Waals surface area (Å²) in [6.45, 7) is 6.62. The predicted molar refractivity (Wildman–Crippen MR) is 156 cm³/mol. The van der Waals surface area contributed by atoms with Gasteiger partial charge in [0.15, 0.2) is 11.5 Å². The zero-order chi connectivity index (χ0) is 31.6. The summed E-state index contributed by atoms with van der Waals surface area (Å²) in [5.74, 6) is -1.27. The Kier molecular flexibility index (Phi) is 11.1. The molecule has 0 saturated carbocycles. The van der Waals surface area contributed by atoms with Gasteiger partial charge in [-0.25, -0.2) is 9.78 Å². The molecule has 0 aliphatic carbocycles. The fourth-order valence-corrected chi connectivity index (χ4v) is 3.86. The molecule has 0 aliphatic heterocycles. The number of carboxylic acid groups (broad SMARTS) is 1. The summed E-state index contributed by atoms with van der Waals surface area (Å²) in [4.78, 5) is 30.8. The molecule has 5 N–H and O–H groups in total. The number of carbonyl (C=O) groups is 2. The maximum absolute atomic E-state index is 13.5. The Morgan fingerprint density at radius 1 is 1.00 bits per heavy atom. The van der Waals surface area contributed by atoms with Crippen molar-refractivity contribution in [1.29, 1.82) is 0 Å². The summed E-state index contributed by atoms with van der Waals surface area (Å²) in [6.07, 6.45) is -1.72. The Bertz CT molecular complexity index is 1530. The molecule has 1 atom stereocenters. The number of alkyl halides is 3. The standard InChI is InChI=1S/C28H31N5O3.C2HF3O2/c1-4-35-25-16-20(8-11-24(25)36-18(2)3)26(28(34)32-17-22-7-5-6-13-30-22)33-21-9-10-23-19(15-21)12-14-31-27(23)29;3-2(4,5)1(6)7/h5-16,18,26,33H,4,17H2,1-3H3,(H2,29,31)(H,32,34);(H,6,7). The van der Waals surface area contributed by atoms with Gasteiger partial charge in [-0.3, -0.25) is 9.78 Å². The SMILES string of the molecule is CCOc1cc(C(Nc2ccc3c(N)nccc3c2)C(=O)NCc2ccccn2)ccc1OC(C)C.O=C(O)C(F)(F)F. The molecular formula is C30H32F3N5O5. The average Bonchev–Trinajstić information content (AvgIpc) is 2.96. The van der Waals surface area contributed by atoms with Crippen LogP contribution in [0.5, 0.6) is 11.5 Å². The number of carbonyl (C=O) groups excluding carboxylic acids is 1. The highest BCUT2D eigenvalue weighted by atomic mass is 19.4. The molecule has 0 radical (unpaired) electrons. The van der Waals surface area contributed by atoms with Crippen LogP contribution in [0.4, 0.5) is 24.7 Å². The highest BCUT2D eigenvalue weighted by Gasteiger charge is 2.38. The van der Waals surface area contributed by atoms with E-state index < -0.39 is 18.2 Å². The van der Waals surface area contributed by atoms with E-state index in [4.69, 9.17) is 25.1 Å². The van der Waals surface area contributed by atoms with Crippen molar-refractivity contribution in [2.45, 2.75) is 45.6 Å². The molecule has 1 amide bonds. The number of anilines is 2. The van der Waals surface area contributed by atoms with E-state index in [1.54, 1.807) is 12.4 Å². The van der Waals surface area contributed by atoms with Crippen LogP contribution in [-0.4, -0.2) is 45.8 Å². The Morgan fingerprint density at radius 3 is 2.37 bits per heavy atom. The molecule has 0 saturated heterocycles. The van der Waals surface area contributed by atoms with Crippen LogP contribution < -0.4 is 25.8 Å². The third kappa shape index (κ3) is 9.48. The summed E-state index contributed by atoms with van der Waals surface area (Å²) < 4.78 is 43.5. The van der Waals surface area contributed by atoms with Crippen LogP contribution in [0, 0.1) is 0 Å². The van der Waals surface area contributed by atoms with Gasteiger partial charge in [0.1, 0.15) is 11.9 Å². The molecule has 0 bridgehead atoms. The topological polar surface area (TPSA) is 149 Å². The van der Waals surface area contributed by atoms with Crippen LogP contribution >= 0.6 is 0 Å². The second-order valence-electron chi connectivity index (χ2n) is 9.36. The molecule has 4 rings (SSSR count). The average molecular weight is 600 g/mol. The third-order valence-electron chi connectivity index (χ3n) is 5.74. The second kappa shape index (κ2) is 14.7. The molecule has 4 aromatic rings. The Labute approximate surface area is 246 Å². The van der Waals surface area contributed by atoms with E-state index in [-0.39, 0.29) is 12.0 Å². The van der Waals surface area contributed by atoms with Gasteiger partial charge in [0.2, 0.25) is 5.91 Å². The van der Waals surface area contributed by atoms with Crippen LogP contribution in [0.15, 0.2) is 73.1 Å². The summed E-state index contributed by atoms with van der Waals surface area (Å²) in [7, 11) is 0. The number of pyridine rings is 2. The van der Waals surface area contributed by atoms with Crippen molar-refractivity contribution in [3.8, 4) is 11.5 Å². The molecule has 10 nitrogen and oxygen atoms in total. The molecule has 13 heteroatoms. The van der Waals surface area contributed by atoms with Gasteiger partial charge >= 0.3 is 12.1 Å². The molecule has 1 unspecified atom stereocenters. The normalized spacial score (nSPS) is 11.7. The number of amides is 1. The first-order valence-corrected chi connectivity index (χ1v) is 13.2. The predicted octanol–water partition coefficient (Wildman–Crippen LogP) is 5.50. The first kappa shape index (κ1) is 32.4. The second-order valence-corrected chi connectivity index (χ2v) is 9.36. The van der Waals surface area contributed by atoms with Crippen molar-refractivity contribution in [3.05, 3.63) is 84.3 Å². The maximum atomic E-state index is 13.5. The van der Waals surface area contributed by atoms with E-state index in [1.807, 2.05) is 81.4 Å². The number of hydrogen-bond donors (Lipinski definition) is 4. The molecule has 228 valence electrons. The van der Waals surface area contributed by atoms with E-state index in [1.165, 1.54) is 0 Å². The first-order chi connectivity index (χ1) is 20.4. The van der Waals surface area contributed by atoms with Crippen molar-refractivity contribution in [1.82, 2.24) is 15.3 Å². The maximum Gasteiger partial charge on any atom is 0.490 e.